The van der Waals surface area contributed by atoms with Crippen molar-refractivity contribution in [3.63, 3.8) is 0 Å². The van der Waals surface area contributed by atoms with E-state index in [0.29, 0.717) is 5.11 Å². The molecule has 0 saturated carbocycles. The first-order valence-corrected chi connectivity index (χ1v) is 4.45. The summed E-state index contributed by atoms with van der Waals surface area (Å²) in [4.78, 5) is 4.13. The van der Waals surface area contributed by atoms with Crippen LogP contribution in [0.4, 0.5) is 0 Å². The first-order valence-electron chi connectivity index (χ1n) is 3.61. The lowest BCUT2D eigenvalue weighted by Crippen LogP contribution is -2.18. The monoisotopic (exact) mass is 198 g/mol. The minimum atomic E-state index is -0.0349. The van der Waals surface area contributed by atoms with Gasteiger partial charge in [-0.25, -0.2) is 4.99 Å². The predicted octanol–water partition coefficient (Wildman–Crippen LogP) is 1.77. The Morgan fingerprint density at radius 3 is 3.17 bits per heavy atom. The van der Waals surface area contributed by atoms with Crippen LogP contribution in [0, 0.1) is 0 Å². The van der Waals surface area contributed by atoms with Crippen LogP contribution in [0.15, 0.2) is 28.4 Å². The maximum Gasteiger partial charge on any atom is 0.197 e. The van der Waals surface area contributed by atoms with Gasteiger partial charge in [-0.3, -0.25) is 0 Å². The van der Waals surface area contributed by atoms with E-state index in [9.17, 15) is 0 Å². The van der Waals surface area contributed by atoms with Gasteiger partial charge in [0, 0.05) is 0 Å². The lowest BCUT2D eigenvalue weighted by Gasteiger charge is -2.12. The fourth-order valence-electron chi connectivity index (χ4n) is 1.19. The molecule has 0 aromatic heterocycles. The van der Waals surface area contributed by atoms with Gasteiger partial charge in [-0.1, -0.05) is 0 Å². The molecule has 0 fully saturated rings. The highest BCUT2D eigenvalue weighted by atomic mass is 35.5. The van der Waals surface area contributed by atoms with Gasteiger partial charge in [0.1, 0.15) is 0 Å². The van der Waals surface area contributed by atoms with Crippen LogP contribution < -0.4 is 5.32 Å². The molecule has 0 spiro atoms. The molecule has 12 heavy (non-hydrogen) atoms. The van der Waals surface area contributed by atoms with Crippen LogP contribution in [0.5, 0.6) is 0 Å². The van der Waals surface area contributed by atoms with Crippen LogP contribution in [0.25, 0.3) is 0 Å². The van der Waals surface area contributed by atoms with Crippen LogP contribution in [0.2, 0.25) is 0 Å². The molecule has 62 valence electrons. The third-order valence-electron chi connectivity index (χ3n) is 1.85. The summed E-state index contributed by atoms with van der Waals surface area (Å²) < 4.78 is 0. The molecule has 1 aliphatic heterocycles. The van der Waals surface area contributed by atoms with Crippen LogP contribution in [-0.2, 0) is 0 Å². The second-order valence-electron chi connectivity index (χ2n) is 2.80. The number of thiocarbonyl (C=S) groups is 1. The zero-order chi connectivity index (χ0) is 8.72. The van der Waals surface area contributed by atoms with E-state index in [-0.39, 0.29) is 5.38 Å². The van der Waals surface area contributed by atoms with Crippen molar-refractivity contribution in [3.05, 3.63) is 23.4 Å². The highest BCUT2D eigenvalue weighted by molar-refractivity contribution is 7.80. The molecular weight excluding hydrogens is 192 g/mol. The zero-order valence-electron chi connectivity index (χ0n) is 6.47. The molecule has 2 nitrogen and oxygen atoms in total. The largest absolute Gasteiger partial charge is 0.329 e. The first kappa shape index (κ1) is 7.95. The summed E-state index contributed by atoms with van der Waals surface area (Å²) in [5.74, 6) is 0. The van der Waals surface area contributed by atoms with Crippen molar-refractivity contribution in [2.75, 3.05) is 0 Å². The standard InChI is InChI=1S/C8H7ClN2S/c1-4-2-6-7(3-5(4)9)11-8(12)10-6/h2-3,5H,1H3,(H,11,12). The molecule has 4 heteroatoms. The minimum Gasteiger partial charge on any atom is -0.329 e. The van der Waals surface area contributed by atoms with Crippen molar-refractivity contribution in [2.45, 2.75) is 12.3 Å². The summed E-state index contributed by atoms with van der Waals surface area (Å²) >= 11 is 10.9. The number of aliphatic imine (C=N–C) groups is 1. The number of nitrogens with one attached hydrogen (secondary N) is 1. The van der Waals surface area contributed by atoms with E-state index in [0.717, 1.165) is 17.0 Å². The van der Waals surface area contributed by atoms with Gasteiger partial charge in [0.05, 0.1) is 16.8 Å². The minimum absolute atomic E-state index is 0.0349. The van der Waals surface area contributed by atoms with Crippen LogP contribution >= 0.6 is 23.8 Å². The second kappa shape index (κ2) is 2.68. The summed E-state index contributed by atoms with van der Waals surface area (Å²) in [7, 11) is 0. The Labute approximate surface area is 81.0 Å². The maximum absolute atomic E-state index is 6.00. The average Bonchev–Trinajstić information content (AvgIpc) is 2.30. The first-order chi connectivity index (χ1) is 5.66. The summed E-state index contributed by atoms with van der Waals surface area (Å²) in [6.45, 7) is 1.98. The Kier molecular flexibility index (Phi) is 1.77. The van der Waals surface area contributed by atoms with Crippen molar-refractivity contribution in [1.29, 1.82) is 0 Å². The van der Waals surface area contributed by atoms with Gasteiger partial charge < -0.3 is 5.32 Å². The summed E-state index contributed by atoms with van der Waals surface area (Å²) in [6.07, 6.45) is 3.88. The van der Waals surface area contributed by atoms with Crippen molar-refractivity contribution < 1.29 is 0 Å². The number of hydrogen-bond donors (Lipinski definition) is 1. The van der Waals surface area contributed by atoms with E-state index in [1.165, 1.54) is 0 Å². The van der Waals surface area contributed by atoms with Crippen LogP contribution in [-0.4, -0.2) is 16.2 Å². The van der Waals surface area contributed by atoms with Gasteiger partial charge >= 0.3 is 0 Å². The fourth-order valence-corrected chi connectivity index (χ4v) is 1.58. The highest BCUT2D eigenvalue weighted by Gasteiger charge is 2.21. The smallest absolute Gasteiger partial charge is 0.197 e. The van der Waals surface area contributed by atoms with Crippen molar-refractivity contribution in [1.82, 2.24) is 5.32 Å². The molecular formula is C8H7ClN2S. The highest BCUT2D eigenvalue weighted by Crippen LogP contribution is 2.21. The quantitative estimate of drug-likeness (QED) is 0.474. The summed E-state index contributed by atoms with van der Waals surface area (Å²) in [5.41, 5.74) is 2.94. The molecule has 1 N–H and O–H groups in total. The molecule has 0 radical (unpaired) electrons. The Morgan fingerprint density at radius 1 is 1.67 bits per heavy atom. The number of hydrogen-bond acceptors (Lipinski definition) is 1. The third-order valence-corrected chi connectivity index (χ3v) is 2.52. The Balaban J connectivity index is 2.43. The van der Waals surface area contributed by atoms with E-state index in [2.05, 4.69) is 10.3 Å². The van der Waals surface area contributed by atoms with E-state index < -0.39 is 0 Å². The van der Waals surface area contributed by atoms with Gasteiger partial charge in [0.2, 0.25) is 0 Å². The van der Waals surface area contributed by atoms with Crippen molar-refractivity contribution in [3.8, 4) is 0 Å². The normalized spacial score (nSPS) is 27.0. The number of allylic oxidation sites excluding steroid dienone is 3. The number of nitrogens with zero attached hydrogens (tertiary/aromatic N) is 1. The lowest BCUT2D eigenvalue weighted by molar-refractivity contribution is 1.14. The SMILES string of the molecule is CC1=CC2=NC(=S)NC2=CC1Cl. The Bertz CT molecular complexity index is 341. The van der Waals surface area contributed by atoms with E-state index in [1.807, 2.05) is 19.1 Å². The fraction of sp³-hybridized carbons (Fsp3) is 0.250. The maximum atomic E-state index is 6.00. The zero-order valence-corrected chi connectivity index (χ0v) is 8.04. The molecule has 0 amide bonds. The molecule has 1 unspecified atom stereocenters. The van der Waals surface area contributed by atoms with Gasteiger partial charge in [-0.05, 0) is 36.9 Å². The molecule has 1 aliphatic carbocycles. The van der Waals surface area contributed by atoms with Gasteiger partial charge in [0.25, 0.3) is 0 Å². The molecule has 2 rings (SSSR count). The summed E-state index contributed by atoms with van der Waals surface area (Å²) in [6, 6.07) is 0. The molecule has 1 heterocycles. The Hall–Kier alpha value is -0.670. The molecule has 0 aromatic rings. The van der Waals surface area contributed by atoms with Gasteiger partial charge in [-0.2, -0.15) is 0 Å². The molecule has 1 atom stereocenters. The molecule has 0 aromatic carbocycles. The topological polar surface area (TPSA) is 24.4 Å². The van der Waals surface area contributed by atoms with Crippen LogP contribution in [0.1, 0.15) is 6.92 Å². The predicted molar refractivity (Wildman–Crippen MR) is 54.6 cm³/mol. The second-order valence-corrected chi connectivity index (χ2v) is 3.65. The summed E-state index contributed by atoms with van der Waals surface area (Å²) in [5, 5.41) is 3.45. The third kappa shape index (κ3) is 1.19. The van der Waals surface area contributed by atoms with E-state index in [4.69, 9.17) is 23.8 Å². The van der Waals surface area contributed by atoms with Gasteiger partial charge in [0.15, 0.2) is 5.11 Å². The van der Waals surface area contributed by atoms with E-state index >= 15 is 0 Å². The van der Waals surface area contributed by atoms with Gasteiger partial charge in [-0.15, -0.1) is 11.6 Å². The number of fused-ring (bicyclic) bond motifs is 1. The average molecular weight is 199 g/mol. The van der Waals surface area contributed by atoms with E-state index in [1.54, 1.807) is 0 Å². The lowest BCUT2D eigenvalue weighted by atomic mass is 10.0. The van der Waals surface area contributed by atoms with Crippen molar-refractivity contribution >= 4 is 34.6 Å². The molecule has 0 bridgehead atoms. The number of rotatable bonds is 0. The number of alkyl halides is 1. The molecule has 2 aliphatic rings. The van der Waals surface area contributed by atoms with Crippen molar-refractivity contribution in [2.24, 2.45) is 4.99 Å². The molecule has 0 saturated heterocycles. The number of halogens is 1. The van der Waals surface area contributed by atoms with Crippen LogP contribution in [0.3, 0.4) is 0 Å². The Morgan fingerprint density at radius 2 is 2.42 bits per heavy atom.